The topological polar surface area (TPSA) is 58.3 Å². The number of nitrogens with zero attached hydrogens (tertiary/aromatic N) is 3. The van der Waals surface area contributed by atoms with Crippen molar-refractivity contribution < 1.29 is 18.3 Å². The Kier molecular flexibility index (Phi) is 4.26. The Morgan fingerprint density at radius 2 is 1.64 bits per heavy atom. The highest BCUT2D eigenvalue weighted by molar-refractivity contribution is 5.62. The SMILES string of the molecule is COc1ccnc(-n2c(=O)cc(-c3c(F)cc(OC)cc3F)n2C)c1. The lowest BCUT2D eigenvalue weighted by atomic mass is 10.1. The van der Waals surface area contributed by atoms with Gasteiger partial charge in [-0.3, -0.25) is 9.48 Å². The molecular formula is C17H15F2N3O3. The first-order valence-electron chi connectivity index (χ1n) is 7.29. The molecule has 130 valence electrons. The van der Waals surface area contributed by atoms with Crippen LogP contribution >= 0.6 is 0 Å². The molecular weight excluding hydrogens is 332 g/mol. The third kappa shape index (κ3) is 2.86. The fraction of sp³-hybridized carbons (Fsp3) is 0.176. The summed E-state index contributed by atoms with van der Waals surface area (Å²) in [5.74, 6) is -0.835. The van der Waals surface area contributed by atoms with Crippen molar-refractivity contribution in [2.24, 2.45) is 7.05 Å². The van der Waals surface area contributed by atoms with Gasteiger partial charge in [-0.15, -0.1) is 0 Å². The Morgan fingerprint density at radius 1 is 1.00 bits per heavy atom. The van der Waals surface area contributed by atoms with Crippen LogP contribution in [0.25, 0.3) is 17.1 Å². The van der Waals surface area contributed by atoms with E-state index in [-0.39, 0.29) is 22.8 Å². The van der Waals surface area contributed by atoms with Gasteiger partial charge < -0.3 is 9.47 Å². The normalized spacial score (nSPS) is 10.8. The molecule has 0 unspecified atom stereocenters. The van der Waals surface area contributed by atoms with Gasteiger partial charge in [-0.05, 0) is 6.07 Å². The van der Waals surface area contributed by atoms with Crippen LogP contribution in [0.15, 0.2) is 41.3 Å². The fourth-order valence-corrected chi connectivity index (χ4v) is 2.58. The van der Waals surface area contributed by atoms with Gasteiger partial charge in [-0.2, -0.15) is 4.68 Å². The molecule has 8 heteroatoms. The zero-order chi connectivity index (χ0) is 18.1. The van der Waals surface area contributed by atoms with Crippen molar-refractivity contribution in [2.75, 3.05) is 14.2 Å². The van der Waals surface area contributed by atoms with Gasteiger partial charge >= 0.3 is 0 Å². The predicted octanol–water partition coefficient (Wildman–Crippen LogP) is 2.53. The van der Waals surface area contributed by atoms with Crippen molar-refractivity contribution in [2.45, 2.75) is 0 Å². The monoisotopic (exact) mass is 347 g/mol. The fourth-order valence-electron chi connectivity index (χ4n) is 2.58. The Labute approximate surface area is 141 Å². The maximum Gasteiger partial charge on any atom is 0.273 e. The number of benzene rings is 1. The largest absolute Gasteiger partial charge is 0.497 e. The lowest BCUT2D eigenvalue weighted by Gasteiger charge is -2.12. The molecule has 0 radical (unpaired) electrons. The van der Waals surface area contributed by atoms with Crippen LogP contribution in [-0.2, 0) is 7.05 Å². The van der Waals surface area contributed by atoms with E-state index in [2.05, 4.69) is 4.98 Å². The maximum atomic E-state index is 14.3. The zero-order valence-corrected chi connectivity index (χ0v) is 13.8. The summed E-state index contributed by atoms with van der Waals surface area (Å²) in [7, 11) is 4.32. The minimum absolute atomic E-state index is 0.0534. The molecule has 0 saturated heterocycles. The molecule has 1 aromatic carbocycles. The molecule has 0 saturated carbocycles. The average molecular weight is 347 g/mol. The number of aromatic nitrogens is 3. The summed E-state index contributed by atoms with van der Waals surface area (Å²) < 4.78 is 41.2. The van der Waals surface area contributed by atoms with Crippen molar-refractivity contribution in [1.82, 2.24) is 14.3 Å². The number of methoxy groups -OCH3 is 2. The predicted molar refractivity (Wildman–Crippen MR) is 87.3 cm³/mol. The Morgan fingerprint density at radius 3 is 2.24 bits per heavy atom. The van der Waals surface area contributed by atoms with Crippen molar-refractivity contribution in [3.05, 3.63) is 58.5 Å². The van der Waals surface area contributed by atoms with Gasteiger partial charge in [0, 0.05) is 37.5 Å². The molecule has 3 rings (SSSR count). The van der Waals surface area contributed by atoms with Crippen LogP contribution in [0.5, 0.6) is 11.5 Å². The van der Waals surface area contributed by atoms with Gasteiger partial charge in [0.15, 0.2) is 5.82 Å². The smallest absolute Gasteiger partial charge is 0.273 e. The van der Waals surface area contributed by atoms with Crippen molar-refractivity contribution in [3.8, 4) is 28.6 Å². The minimum Gasteiger partial charge on any atom is -0.497 e. The number of rotatable bonds is 4. The first-order valence-corrected chi connectivity index (χ1v) is 7.29. The van der Waals surface area contributed by atoms with E-state index in [0.717, 1.165) is 18.2 Å². The summed E-state index contributed by atoms with van der Waals surface area (Å²) in [6.07, 6.45) is 1.47. The molecule has 0 N–H and O–H groups in total. The molecule has 0 bridgehead atoms. The highest BCUT2D eigenvalue weighted by atomic mass is 19.1. The van der Waals surface area contributed by atoms with E-state index in [1.165, 1.54) is 36.8 Å². The van der Waals surface area contributed by atoms with E-state index < -0.39 is 17.2 Å². The molecule has 0 amide bonds. The first kappa shape index (κ1) is 16.7. The second kappa shape index (κ2) is 6.39. The average Bonchev–Trinajstić information content (AvgIpc) is 2.88. The maximum absolute atomic E-state index is 14.3. The summed E-state index contributed by atoms with van der Waals surface area (Å²) >= 11 is 0. The molecule has 0 aliphatic carbocycles. The standard InChI is InChI=1S/C17H15F2N3O3/c1-21-14(17-12(18)6-11(25-3)7-13(17)19)9-16(23)22(21)15-8-10(24-2)4-5-20-15/h4-9H,1-3H3. The molecule has 25 heavy (non-hydrogen) atoms. The third-order valence-electron chi connectivity index (χ3n) is 3.79. The van der Waals surface area contributed by atoms with Crippen LogP contribution in [-0.4, -0.2) is 28.6 Å². The van der Waals surface area contributed by atoms with Gasteiger partial charge in [0.1, 0.15) is 23.1 Å². The van der Waals surface area contributed by atoms with Gasteiger partial charge in [-0.1, -0.05) is 0 Å². The van der Waals surface area contributed by atoms with E-state index in [9.17, 15) is 13.6 Å². The van der Waals surface area contributed by atoms with E-state index in [1.807, 2.05) is 0 Å². The van der Waals surface area contributed by atoms with Crippen LogP contribution in [0.4, 0.5) is 8.78 Å². The Bertz CT molecular complexity index is 972. The Balaban J connectivity index is 2.20. The summed E-state index contributed by atoms with van der Waals surface area (Å²) in [6.45, 7) is 0. The summed E-state index contributed by atoms with van der Waals surface area (Å²) in [6, 6.07) is 6.44. The molecule has 0 aliphatic heterocycles. The number of halogens is 2. The van der Waals surface area contributed by atoms with Gasteiger partial charge in [0.05, 0.1) is 25.5 Å². The van der Waals surface area contributed by atoms with Gasteiger partial charge in [-0.25, -0.2) is 13.8 Å². The molecule has 2 heterocycles. The summed E-state index contributed by atoms with van der Waals surface area (Å²) in [4.78, 5) is 16.5. The molecule has 0 aliphatic rings. The van der Waals surface area contributed by atoms with Crippen molar-refractivity contribution in [3.63, 3.8) is 0 Å². The van der Waals surface area contributed by atoms with E-state index in [1.54, 1.807) is 12.1 Å². The first-order chi connectivity index (χ1) is 12.0. The second-order valence-corrected chi connectivity index (χ2v) is 5.22. The van der Waals surface area contributed by atoms with Crippen LogP contribution in [0.1, 0.15) is 0 Å². The van der Waals surface area contributed by atoms with Gasteiger partial charge in [0.2, 0.25) is 0 Å². The van der Waals surface area contributed by atoms with Crippen LogP contribution in [0.2, 0.25) is 0 Å². The summed E-state index contributed by atoms with van der Waals surface area (Å²) in [5.41, 5.74) is -0.720. The second-order valence-electron chi connectivity index (χ2n) is 5.22. The van der Waals surface area contributed by atoms with Gasteiger partial charge in [0.25, 0.3) is 5.56 Å². The molecule has 3 aromatic rings. The molecule has 0 spiro atoms. The zero-order valence-electron chi connectivity index (χ0n) is 13.8. The van der Waals surface area contributed by atoms with E-state index in [0.29, 0.717) is 5.75 Å². The van der Waals surface area contributed by atoms with Crippen LogP contribution < -0.4 is 15.0 Å². The van der Waals surface area contributed by atoms with Crippen LogP contribution in [0.3, 0.4) is 0 Å². The molecule has 6 nitrogen and oxygen atoms in total. The number of hydrogen-bond acceptors (Lipinski definition) is 4. The summed E-state index contributed by atoms with van der Waals surface area (Å²) in [5, 5.41) is 0. The number of hydrogen-bond donors (Lipinski definition) is 0. The highest BCUT2D eigenvalue weighted by Gasteiger charge is 2.20. The number of pyridine rings is 1. The molecule has 2 aromatic heterocycles. The van der Waals surface area contributed by atoms with Crippen LogP contribution in [0, 0.1) is 11.6 Å². The van der Waals surface area contributed by atoms with E-state index >= 15 is 0 Å². The van der Waals surface area contributed by atoms with Crippen molar-refractivity contribution >= 4 is 0 Å². The minimum atomic E-state index is -0.830. The lowest BCUT2D eigenvalue weighted by molar-refractivity contribution is 0.407. The highest BCUT2D eigenvalue weighted by Crippen LogP contribution is 2.29. The lowest BCUT2D eigenvalue weighted by Crippen LogP contribution is -2.20. The molecule has 0 atom stereocenters. The number of ether oxygens (including phenoxy) is 2. The molecule has 0 fully saturated rings. The van der Waals surface area contributed by atoms with E-state index in [4.69, 9.17) is 9.47 Å². The van der Waals surface area contributed by atoms with Crippen molar-refractivity contribution in [1.29, 1.82) is 0 Å². The Hall–Kier alpha value is -3.16. The third-order valence-corrected chi connectivity index (χ3v) is 3.79. The quantitative estimate of drug-likeness (QED) is 0.728.